The quantitative estimate of drug-likeness (QED) is 0.787. The van der Waals surface area contributed by atoms with Crippen LogP contribution in [0.1, 0.15) is 17.0 Å². The smallest absolute Gasteiger partial charge is 0.256 e. The third-order valence-electron chi connectivity index (χ3n) is 2.71. The van der Waals surface area contributed by atoms with Gasteiger partial charge in [-0.15, -0.1) is 0 Å². The third kappa shape index (κ3) is 3.67. The fourth-order valence-electron chi connectivity index (χ4n) is 1.55. The first kappa shape index (κ1) is 13.8. The van der Waals surface area contributed by atoms with Gasteiger partial charge in [0.05, 0.1) is 11.4 Å². The number of aromatic nitrogens is 1. The third-order valence-corrected chi connectivity index (χ3v) is 3.60. The van der Waals surface area contributed by atoms with E-state index in [1.807, 2.05) is 13.8 Å². The zero-order valence-electron chi connectivity index (χ0n) is 10.8. The summed E-state index contributed by atoms with van der Waals surface area (Å²) in [5, 5.41) is 0.483. The lowest BCUT2D eigenvalue weighted by Gasteiger charge is -2.01. The fraction of sp³-hybridized carbons (Fsp3) is 0.286. The van der Waals surface area contributed by atoms with E-state index in [1.54, 1.807) is 18.2 Å². The number of hydrogen-bond donors (Lipinski definition) is 0. The molecule has 0 aliphatic rings. The molecule has 0 N–H and O–H groups in total. The van der Waals surface area contributed by atoms with Crippen molar-refractivity contribution in [1.82, 2.24) is 4.98 Å². The zero-order chi connectivity index (χ0) is 13.8. The van der Waals surface area contributed by atoms with Crippen molar-refractivity contribution in [3.05, 3.63) is 47.1 Å². The maximum absolute atomic E-state index is 13.4. The molecule has 2 aromatic rings. The van der Waals surface area contributed by atoms with Gasteiger partial charge in [0.25, 0.3) is 5.22 Å². The van der Waals surface area contributed by atoms with Crippen LogP contribution in [0.4, 0.5) is 4.39 Å². The number of carbonyl (C=O) groups is 1. The van der Waals surface area contributed by atoms with E-state index in [0.29, 0.717) is 10.8 Å². The topological polar surface area (TPSA) is 43.1 Å². The number of nitrogens with zero attached hydrogens (tertiary/aromatic N) is 1. The molecule has 5 heteroatoms. The van der Waals surface area contributed by atoms with Crippen molar-refractivity contribution < 1.29 is 13.6 Å². The number of oxazole rings is 1. The first-order chi connectivity index (χ1) is 9.06. The molecule has 0 unspecified atom stereocenters. The molecular formula is C14H14FNO2S. The fourth-order valence-corrected chi connectivity index (χ4v) is 2.32. The van der Waals surface area contributed by atoms with Gasteiger partial charge in [0.1, 0.15) is 17.4 Å². The van der Waals surface area contributed by atoms with Crippen LogP contribution >= 0.6 is 11.8 Å². The van der Waals surface area contributed by atoms with Crippen molar-refractivity contribution in [1.29, 1.82) is 0 Å². The highest BCUT2D eigenvalue weighted by atomic mass is 32.2. The molecule has 0 spiro atoms. The molecule has 0 radical (unpaired) electrons. The number of aryl methyl sites for hydroxylation is 2. The van der Waals surface area contributed by atoms with Gasteiger partial charge in [-0.25, -0.2) is 9.37 Å². The average molecular weight is 279 g/mol. The Morgan fingerprint density at radius 2 is 2.11 bits per heavy atom. The number of benzene rings is 1. The lowest BCUT2D eigenvalue weighted by molar-refractivity contribution is -0.116. The molecule has 3 nitrogen and oxygen atoms in total. The highest BCUT2D eigenvalue weighted by Crippen LogP contribution is 2.20. The summed E-state index contributed by atoms with van der Waals surface area (Å²) in [7, 11) is 0. The van der Waals surface area contributed by atoms with Gasteiger partial charge in [-0.05, 0) is 25.5 Å². The molecule has 2 rings (SSSR count). The van der Waals surface area contributed by atoms with Gasteiger partial charge in [0, 0.05) is 6.42 Å². The predicted octanol–water partition coefficient (Wildman–Crippen LogP) is 3.33. The molecule has 1 aromatic carbocycles. The molecular weight excluding hydrogens is 265 g/mol. The number of halogens is 1. The van der Waals surface area contributed by atoms with Gasteiger partial charge in [-0.2, -0.15) is 0 Å². The number of thioether (sulfide) groups is 1. The van der Waals surface area contributed by atoms with E-state index in [1.165, 1.54) is 17.8 Å². The Morgan fingerprint density at radius 3 is 2.74 bits per heavy atom. The van der Waals surface area contributed by atoms with Crippen molar-refractivity contribution >= 4 is 17.5 Å². The predicted molar refractivity (Wildman–Crippen MR) is 71.8 cm³/mol. The van der Waals surface area contributed by atoms with E-state index in [4.69, 9.17) is 4.42 Å². The van der Waals surface area contributed by atoms with Crippen LogP contribution in [-0.2, 0) is 11.2 Å². The van der Waals surface area contributed by atoms with Crippen LogP contribution in [-0.4, -0.2) is 16.5 Å². The number of Topliss-reactive ketones (excluding diaryl/α,β-unsaturated/α-hetero) is 1. The van der Waals surface area contributed by atoms with Crippen molar-refractivity contribution in [2.75, 3.05) is 5.75 Å². The molecule has 0 amide bonds. The molecule has 0 bridgehead atoms. The van der Waals surface area contributed by atoms with Crippen LogP contribution < -0.4 is 0 Å². The summed E-state index contributed by atoms with van der Waals surface area (Å²) in [4.78, 5) is 15.9. The van der Waals surface area contributed by atoms with Crippen molar-refractivity contribution in [2.24, 2.45) is 0 Å². The Bertz CT molecular complexity index is 575. The Morgan fingerprint density at radius 1 is 1.37 bits per heavy atom. The highest BCUT2D eigenvalue weighted by molar-refractivity contribution is 7.99. The first-order valence-corrected chi connectivity index (χ1v) is 6.86. The second-order valence-electron chi connectivity index (χ2n) is 4.22. The van der Waals surface area contributed by atoms with Gasteiger partial charge < -0.3 is 4.42 Å². The average Bonchev–Trinajstić information content (AvgIpc) is 2.69. The van der Waals surface area contributed by atoms with Gasteiger partial charge in [-0.1, -0.05) is 30.0 Å². The van der Waals surface area contributed by atoms with Crippen LogP contribution in [0.5, 0.6) is 0 Å². The molecule has 19 heavy (non-hydrogen) atoms. The van der Waals surface area contributed by atoms with E-state index in [2.05, 4.69) is 4.98 Å². The van der Waals surface area contributed by atoms with Crippen LogP contribution in [0.15, 0.2) is 33.9 Å². The van der Waals surface area contributed by atoms with E-state index >= 15 is 0 Å². The SMILES string of the molecule is Cc1nc(SCC(=O)Cc2ccccc2F)oc1C. The number of carbonyl (C=O) groups excluding carboxylic acids is 1. The Kier molecular flexibility index (Phi) is 4.37. The first-order valence-electron chi connectivity index (χ1n) is 5.88. The molecule has 1 aromatic heterocycles. The number of rotatable bonds is 5. The van der Waals surface area contributed by atoms with Crippen LogP contribution in [0.25, 0.3) is 0 Å². The maximum atomic E-state index is 13.4. The summed E-state index contributed by atoms with van der Waals surface area (Å²) in [6.45, 7) is 3.68. The lowest BCUT2D eigenvalue weighted by atomic mass is 10.1. The number of ketones is 1. The molecule has 0 saturated carbocycles. The zero-order valence-corrected chi connectivity index (χ0v) is 11.6. The molecule has 0 aliphatic carbocycles. The summed E-state index contributed by atoms with van der Waals surface area (Å²) >= 11 is 1.24. The van der Waals surface area contributed by atoms with Crippen molar-refractivity contribution in [3.63, 3.8) is 0 Å². The Labute approximate surface area is 115 Å². The van der Waals surface area contributed by atoms with E-state index in [9.17, 15) is 9.18 Å². The van der Waals surface area contributed by atoms with Crippen LogP contribution in [0.2, 0.25) is 0 Å². The van der Waals surface area contributed by atoms with Crippen LogP contribution in [0, 0.1) is 19.7 Å². The van der Waals surface area contributed by atoms with E-state index < -0.39 is 0 Å². The van der Waals surface area contributed by atoms with Crippen molar-refractivity contribution in [3.8, 4) is 0 Å². The van der Waals surface area contributed by atoms with Gasteiger partial charge in [-0.3, -0.25) is 4.79 Å². The molecule has 0 aliphatic heterocycles. The minimum Gasteiger partial charge on any atom is -0.437 e. The highest BCUT2D eigenvalue weighted by Gasteiger charge is 2.11. The van der Waals surface area contributed by atoms with Crippen molar-refractivity contribution in [2.45, 2.75) is 25.5 Å². The molecule has 0 atom stereocenters. The second-order valence-corrected chi connectivity index (χ2v) is 5.14. The Balaban J connectivity index is 1.90. The minimum absolute atomic E-state index is 0.0522. The molecule has 0 fully saturated rings. The minimum atomic E-state index is -0.344. The summed E-state index contributed by atoms with van der Waals surface area (Å²) in [5.41, 5.74) is 1.25. The number of hydrogen-bond acceptors (Lipinski definition) is 4. The summed E-state index contributed by atoms with van der Waals surface area (Å²) < 4.78 is 18.7. The van der Waals surface area contributed by atoms with Gasteiger partial charge in [0.2, 0.25) is 0 Å². The molecule has 0 saturated heterocycles. The second kappa shape index (κ2) is 6.02. The van der Waals surface area contributed by atoms with E-state index in [-0.39, 0.29) is 23.8 Å². The standard InChI is InChI=1S/C14H14FNO2S/c1-9-10(2)18-14(16-9)19-8-12(17)7-11-5-3-4-6-13(11)15/h3-6H,7-8H2,1-2H3. The largest absolute Gasteiger partial charge is 0.437 e. The summed E-state index contributed by atoms with van der Waals surface area (Å²) in [6.07, 6.45) is 0.0956. The van der Waals surface area contributed by atoms with Gasteiger partial charge in [0.15, 0.2) is 0 Å². The molecule has 1 heterocycles. The van der Waals surface area contributed by atoms with E-state index in [0.717, 1.165) is 11.5 Å². The monoisotopic (exact) mass is 279 g/mol. The van der Waals surface area contributed by atoms with Gasteiger partial charge >= 0.3 is 0 Å². The summed E-state index contributed by atoms with van der Waals surface area (Å²) in [5.74, 6) is 0.588. The maximum Gasteiger partial charge on any atom is 0.256 e. The normalized spacial score (nSPS) is 10.7. The lowest BCUT2D eigenvalue weighted by Crippen LogP contribution is -2.07. The Hall–Kier alpha value is -1.62. The summed E-state index contributed by atoms with van der Waals surface area (Å²) in [6, 6.07) is 6.31. The van der Waals surface area contributed by atoms with Crippen LogP contribution in [0.3, 0.4) is 0 Å². The molecule has 100 valence electrons.